The number of anilines is 1. The Labute approximate surface area is 202 Å². The number of hydrogen-bond donors (Lipinski definition) is 3. The summed E-state index contributed by atoms with van der Waals surface area (Å²) in [4.78, 5) is 8.62. The second kappa shape index (κ2) is 11.1. The van der Waals surface area contributed by atoms with E-state index in [-0.39, 0.29) is 25.0 Å². The first-order chi connectivity index (χ1) is 16.3. The van der Waals surface area contributed by atoms with Crippen LogP contribution in [0.2, 0.25) is 5.28 Å². The zero-order valence-electron chi connectivity index (χ0n) is 19.2. The number of halogens is 1. The first kappa shape index (κ1) is 25.7. The fraction of sp³-hybridized carbons (Fsp3) is 0.750. The summed E-state index contributed by atoms with van der Waals surface area (Å²) in [6, 6.07) is 0.329. The van der Waals surface area contributed by atoms with E-state index < -0.39 is 38.5 Å². The number of aromatic nitrogens is 4. The van der Waals surface area contributed by atoms with Crippen LogP contribution in [-0.4, -0.2) is 80.2 Å². The summed E-state index contributed by atoms with van der Waals surface area (Å²) < 4.78 is 35.7. The van der Waals surface area contributed by atoms with Crippen molar-refractivity contribution in [3.63, 3.8) is 0 Å². The molecule has 1 aliphatic carbocycles. The highest BCUT2D eigenvalue weighted by Crippen LogP contribution is 2.48. The lowest BCUT2D eigenvalue weighted by Crippen LogP contribution is -2.35. The van der Waals surface area contributed by atoms with E-state index in [0.29, 0.717) is 22.9 Å². The zero-order chi connectivity index (χ0) is 24.3. The first-order valence-electron chi connectivity index (χ1n) is 11.5. The molecule has 3 N–H and O–H groups in total. The van der Waals surface area contributed by atoms with E-state index in [1.165, 1.54) is 17.5 Å². The van der Waals surface area contributed by atoms with Crippen molar-refractivity contribution in [1.82, 2.24) is 19.7 Å². The van der Waals surface area contributed by atoms with Crippen LogP contribution in [0.3, 0.4) is 0 Å². The molecule has 0 spiro atoms. The summed E-state index contributed by atoms with van der Waals surface area (Å²) in [5.74, 6) is 0.616. The highest BCUT2D eigenvalue weighted by Gasteiger charge is 2.45. The van der Waals surface area contributed by atoms with Crippen LogP contribution >= 0.6 is 19.2 Å². The summed E-state index contributed by atoms with van der Waals surface area (Å²) in [7, 11) is -3.50. The fourth-order valence-corrected chi connectivity index (χ4v) is 5.78. The Bertz CT molecular complexity index is 1010. The molecule has 2 fully saturated rings. The van der Waals surface area contributed by atoms with Gasteiger partial charge < -0.3 is 34.1 Å². The number of ether oxygens (including phenoxy) is 2. The van der Waals surface area contributed by atoms with Gasteiger partial charge in [0.05, 0.1) is 31.3 Å². The van der Waals surface area contributed by atoms with E-state index in [1.807, 2.05) is 0 Å². The third-order valence-electron chi connectivity index (χ3n) is 5.88. The topological polar surface area (TPSA) is 150 Å². The standard InChI is InChI=1S/C20H31ClN5O7P/c1-3-31-34(29,32-4-2)11-30-19-16(28)15(27)14(33-19)10-26-18-13(9-22-26)17(24-20(21)25-18)23-12-7-5-6-8-12/h9,12,14-16,19,27-28H,3-8,10-11H2,1-2H3,(H,23,24,25)/t14-,15-,16+,19?/m1/s1. The van der Waals surface area contributed by atoms with E-state index in [2.05, 4.69) is 20.4 Å². The van der Waals surface area contributed by atoms with E-state index in [1.54, 1.807) is 20.0 Å². The lowest BCUT2D eigenvalue weighted by molar-refractivity contribution is -0.158. The molecule has 1 unspecified atom stereocenters. The molecule has 0 amide bonds. The van der Waals surface area contributed by atoms with Crippen molar-refractivity contribution in [2.75, 3.05) is 24.9 Å². The third-order valence-corrected chi connectivity index (χ3v) is 7.82. The number of rotatable bonds is 11. The predicted molar refractivity (Wildman–Crippen MR) is 124 cm³/mol. The predicted octanol–water partition coefficient (Wildman–Crippen LogP) is 2.52. The van der Waals surface area contributed by atoms with Crippen molar-refractivity contribution >= 4 is 36.0 Å². The second-order valence-electron chi connectivity index (χ2n) is 8.30. The zero-order valence-corrected chi connectivity index (χ0v) is 20.8. The van der Waals surface area contributed by atoms with Crippen LogP contribution in [0, 0.1) is 0 Å². The molecule has 3 heterocycles. The highest BCUT2D eigenvalue weighted by molar-refractivity contribution is 7.53. The van der Waals surface area contributed by atoms with E-state index in [9.17, 15) is 14.8 Å². The minimum absolute atomic E-state index is 0.0754. The molecule has 0 radical (unpaired) electrons. The number of nitrogens with one attached hydrogen (secondary N) is 1. The van der Waals surface area contributed by atoms with Crippen LogP contribution < -0.4 is 5.32 Å². The smallest absolute Gasteiger partial charge is 0.356 e. The van der Waals surface area contributed by atoms with Gasteiger partial charge in [0.2, 0.25) is 5.28 Å². The average molecular weight is 520 g/mol. The Morgan fingerprint density at radius 2 is 1.91 bits per heavy atom. The molecule has 12 nitrogen and oxygen atoms in total. The summed E-state index contributed by atoms with van der Waals surface area (Å²) in [6.07, 6.45) is 0.996. The molecule has 0 aromatic carbocycles. The van der Waals surface area contributed by atoms with E-state index in [4.69, 9.17) is 30.1 Å². The minimum Gasteiger partial charge on any atom is -0.387 e. The van der Waals surface area contributed by atoms with Crippen molar-refractivity contribution in [3.05, 3.63) is 11.5 Å². The molecular formula is C20H31ClN5O7P. The average Bonchev–Trinajstić information content (AvgIpc) is 3.50. The molecule has 14 heteroatoms. The lowest BCUT2D eigenvalue weighted by atomic mass is 10.1. The van der Waals surface area contributed by atoms with Crippen LogP contribution in [0.15, 0.2) is 6.20 Å². The molecular weight excluding hydrogens is 489 g/mol. The van der Waals surface area contributed by atoms with Crippen LogP contribution in [0.4, 0.5) is 5.82 Å². The van der Waals surface area contributed by atoms with Crippen LogP contribution in [0.5, 0.6) is 0 Å². The Morgan fingerprint density at radius 3 is 2.59 bits per heavy atom. The molecule has 1 aliphatic heterocycles. The second-order valence-corrected chi connectivity index (χ2v) is 10.6. The van der Waals surface area contributed by atoms with Crippen molar-refractivity contribution < 1.29 is 33.3 Å². The fourth-order valence-electron chi connectivity index (χ4n) is 4.28. The molecule has 4 atom stereocenters. The number of fused-ring (bicyclic) bond motifs is 1. The normalized spacial score (nSPS) is 26.0. The molecule has 2 aromatic rings. The minimum atomic E-state index is -3.50. The third kappa shape index (κ3) is 5.71. The largest absolute Gasteiger partial charge is 0.387 e. The summed E-state index contributed by atoms with van der Waals surface area (Å²) >= 11 is 6.17. The Balaban J connectivity index is 1.45. The van der Waals surface area contributed by atoms with E-state index in [0.717, 1.165) is 12.8 Å². The van der Waals surface area contributed by atoms with Gasteiger partial charge in [0.25, 0.3) is 0 Å². The van der Waals surface area contributed by atoms with Gasteiger partial charge in [-0.3, -0.25) is 4.57 Å². The maximum absolute atomic E-state index is 12.6. The molecule has 34 heavy (non-hydrogen) atoms. The monoisotopic (exact) mass is 519 g/mol. The van der Waals surface area contributed by atoms with Gasteiger partial charge in [-0.2, -0.15) is 15.1 Å². The van der Waals surface area contributed by atoms with Crippen molar-refractivity contribution in [3.8, 4) is 0 Å². The maximum Gasteiger partial charge on any atom is 0.356 e. The van der Waals surface area contributed by atoms with Gasteiger partial charge in [0, 0.05) is 6.04 Å². The van der Waals surface area contributed by atoms with Gasteiger partial charge in [0.1, 0.15) is 24.1 Å². The van der Waals surface area contributed by atoms with Gasteiger partial charge in [-0.1, -0.05) is 12.8 Å². The summed E-state index contributed by atoms with van der Waals surface area (Å²) in [5.41, 5.74) is 0.479. The molecule has 1 saturated carbocycles. The Kier molecular flexibility index (Phi) is 8.42. The number of hydrogen-bond acceptors (Lipinski definition) is 11. The van der Waals surface area contributed by atoms with Crippen LogP contribution in [0.25, 0.3) is 11.0 Å². The lowest BCUT2D eigenvalue weighted by Gasteiger charge is -2.20. The van der Waals surface area contributed by atoms with E-state index >= 15 is 0 Å². The van der Waals surface area contributed by atoms with Crippen LogP contribution in [0.1, 0.15) is 39.5 Å². The molecule has 190 valence electrons. The highest BCUT2D eigenvalue weighted by atomic mass is 35.5. The molecule has 2 aliphatic rings. The van der Waals surface area contributed by atoms with Crippen molar-refractivity contribution in [2.45, 2.75) is 76.7 Å². The maximum atomic E-state index is 12.6. The van der Waals surface area contributed by atoms with Gasteiger partial charge in [-0.15, -0.1) is 0 Å². The Hall–Kier alpha value is -1.37. The SMILES string of the molecule is CCOP(=O)(COC1O[C@H](Cn2ncc3c(NC4CCCC4)nc(Cl)nc32)[C@@H](O)[C@@H]1O)OCC. The number of aliphatic hydroxyl groups is 2. The van der Waals surface area contributed by atoms with Crippen molar-refractivity contribution in [2.24, 2.45) is 0 Å². The number of nitrogens with zero attached hydrogens (tertiary/aromatic N) is 4. The Morgan fingerprint density at radius 1 is 1.21 bits per heavy atom. The van der Waals surface area contributed by atoms with Gasteiger partial charge >= 0.3 is 7.60 Å². The number of aliphatic hydroxyl groups excluding tert-OH is 2. The molecule has 4 rings (SSSR count). The molecule has 2 aromatic heterocycles. The molecule has 1 saturated heterocycles. The first-order valence-corrected chi connectivity index (χ1v) is 13.6. The summed E-state index contributed by atoms with van der Waals surface area (Å²) in [5, 5.41) is 29.5. The summed E-state index contributed by atoms with van der Waals surface area (Å²) in [6.45, 7) is 3.80. The van der Waals surface area contributed by atoms with Crippen LogP contribution in [-0.2, 0) is 29.6 Å². The van der Waals surface area contributed by atoms with Gasteiger partial charge in [0.15, 0.2) is 18.3 Å². The van der Waals surface area contributed by atoms with Gasteiger partial charge in [-0.25, -0.2) is 4.68 Å². The van der Waals surface area contributed by atoms with Crippen molar-refractivity contribution in [1.29, 1.82) is 0 Å². The quantitative estimate of drug-likeness (QED) is 0.297. The van der Waals surface area contributed by atoms with Gasteiger partial charge in [-0.05, 0) is 38.3 Å². The molecule has 0 bridgehead atoms.